The third-order valence-electron chi connectivity index (χ3n) is 6.29. The quantitative estimate of drug-likeness (QED) is 0.341. The number of H-pyrrole nitrogens is 1. The number of carbonyl (C=O) groups excluding carboxylic acids is 1. The Balaban J connectivity index is 1.20. The van der Waals surface area contributed by atoms with Gasteiger partial charge < -0.3 is 14.4 Å². The number of amides is 1. The van der Waals surface area contributed by atoms with Crippen molar-refractivity contribution in [1.29, 1.82) is 0 Å². The van der Waals surface area contributed by atoms with Crippen LogP contribution in [0.3, 0.4) is 0 Å². The maximum atomic E-state index is 14.6. The topological polar surface area (TPSA) is 111 Å². The van der Waals surface area contributed by atoms with E-state index in [-0.39, 0.29) is 18.3 Å². The highest BCUT2D eigenvalue weighted by atomic mass is 19.1. The Morgan fingerprint density at radius 3 is 2.76 bits per heavy atom. The van der Waals surface area contributed by atoms with Crippen LogP contribution in [0.2, 0.25) is 0 Å². The molecule has 10 nitrogen and oxygen atoms in total. The van der Waals surface area contributed by atoms with Gasteiger partial charge in [-0.3, -0.25) is 14.9 Å². The summed E-state index contributed by atoms with van der Waals surface area (Å²) >= 11 is 0. The summed E-state index contributed by atoms with van der Waals surface area (Å²) in [5.74, 6) is -0.429. The smallest absolute Gasteiger partial charge is 0.254 e. The Kier molecular flexibility index (Phi) is 5.81. The van der Waals surface area contributed by atoms with Crippen molar-refractivity contribution in [3.8, 4) is 22.8 Å². The molecule has 0 spiro atoms. The summed E-state index contributed by atoms with van der Waals surface area (Å²) < 4.78 is 26.6. The standard InChI is InChI=1S/C26H22FN7O3/c1-36-8-9-37-24-11-22-20(10-21(24)27)25(31-29-22)23-15-34(32-30-23)19-4-2-16(3-5-19)26(35)33-13-17-6-7-28-12-18(17)14-33/h2-7,10-12,15H,8-9,13-14H2,1H3,(H,29,31). The Morgan fingerprint density at radius 1 is 1.11 bits per heavy atom. The van der Waals surface area contributed by atoms with Crippen LogP contribution in [-0.4, -0.2) is 61.3 Å². The lowest BCUT2D eigenvalue weighted by Gasteiger charge is -2.15. The van der Waals surface area contributed by atoms with Gasteiger partial charge in [0.15, 0.2) is 11.6 Å². The van der Waals surface area contributed by atoms with Crippen LogP contribution in [0.15, 0.2) is 61.1 Å². The number of hydrogen-bond donors (Lipinski definition) is 1. The Morgan fingerprint density at radius 2 is 1.95 bits per heavy atom. The summed E-state index contributed by atoms with van der Waals surface area (Å²) in [4.78, 5) is 18.9. The molecule has 0 saturated carbocycles. The van der Waals surface area contributed by atoms with Gasteiger partial charge in [-0.15, -0.1) is 5.10 Å². The second-order valence-corrected chi connectivity index (χ2v) is 8.64. The number of nitrogens with zero attached hydrogens (tertiary/aromatic N) is 6. The molecule has 5 aromatic rings. The number of hydrogen-bond acceptors (Lipinski definition) is 7. The molecule has 1 amide bonds. The van der Waals surface area contributed by atoms with E-state index in [0.29, 0.717) is 47.6 Å². The molecule has 0 fully saturated rings. The highest BCUT2D eigenvalue weighted by Crippen LogP contribution is 2.30. The van der Waals surface area contributed by atoms with Crippen LogP contribution in [0.1, 0.15) is 21.5 Å². The van der Waals surface area contributed by atoms with Gasteiger partial charge in [-0.05, 0) is 47.5 Å². The first-order valence-electron chi connectivity index (χ1n) is 11.6. The van der Waals surface area contributed by atoms with E-state index in [4.69, 9.17) is 9.47 Å². The number of benzene rings is 2. The summed E-state index contributed by atoms with van der Waals surface area (Å²) in [7, 11) is 1.55. The lowest BCUT2D eigenvalue weighted by atomic mass is 10.1. The molecule has 0 atom stereocenters. The number of nitrogens with one attached hydrogen (secondary N) is 1. The SMILES string of the molecule is COCCOc1cc2[nH]nc(-c3cn(-c4ccc(C(=O)N5Cc6ccncc6C5)cc4)nn3)c2cc1F. The molecule has 186 valence electrons. The minimum atomic E-state index is -0.503. The molecule has 37 heavy (non-hydrogen) atoms. The van der Waals surface area contributed by atoms with Crippen molar-refractivity contribution in [2.24, 2.45) is 0 Å². The van der Waals surface area contributed by atoms with Crippen molar-refractivity contribution < 1.29 is 18.7 Å². The van der Waals surface area contributed by atoms with Crippen LogP contribution in [0.4, 0.5) is 4.39 Å². The number of pyridine rings is 1. The lowest BCUT2D eigenvalue weighted by molar-refractivity contribution is 0.0751. The number of fused-ring (bicyclic) bond motifs is 2. The second-order valence-electron chi connectivity index (χ2n) is 8.64. The molecule has 1 N–H and O–H groups in total. The van der Waals surface area contributed by atoms with E-state index in [9.17, 15) is 9.18 Å². The number of carbonyl (C=O) groups is 1. The highest BCUT2D eigenvalue weighted by molar-refractivity contribution is 5.95. The molecule has 0 radical (unpaired) electrons. The number of ether oxygens (including phenoxy) is 2. The monoisotopic (exact) mass is 499 g/mol. The molecule has 6 rings (SSSR count). The van der Waals surface area contributed by atoms with Crippen LogP contribution in [0.25, 0.3) is 28.0 Å². The van der Waals surface area contributed by atoms with Crippen LogP contribution < -0.4 is 4.74 Å². The van der Waals surface area contributed by atoms with E-state index >= 15 is 0 Å². The molecule has 0 saturated heterocycles. The van der Waals surface area contributed by atoms with E-state index in [1.165, 1.54) is 6.07 Å². The summed E-state index contributed by atoms with van der Waals surface area (Å²) in [6, 6.07) is 12.0. The Labute approximate surface area is 210 Å². The van der Waals surface area contributed by atoms with E-state index in [1.54, 1.807) is 53.5 Å². The van der Waals surface area contributed by atoms with Crippen molar-refractivity contribution in [2.75, 3.05) is 20.3 Å². The number of aromatic nitrogens is 6. The number of rotatable bonds is 7. The van der Waals surface area contributed by atoms with Crippen LogP contribution in [-0.2, 0) is 17.8 Å². The molecule has 1 aliphatic rings. The van der Waals surface area contributed by atoms with Crippen molar-refractivity contribution in [1.82, 2.24) is 35.1 Å². The van der Waals surface area contributed by atoms with Gasteiger partial charge >= 0.3 is 0 Å². The number of methoxy groups -OCH3 is 1. The average molecular weight is 500 g/mol. The first-order valence-corrected chi connectivity index (χ1v) is 11.6. The molecular weight excluding hydrogens is 477 g/mol. The lowest BCUT2D eigenvalue weighted by Crippen LogP contribution is -2.25. The zero-order valence-electron chi connectivity index (χ0n) is 19.9. The Hall–Kier alpha value is -4.64. The predicted octanol–water partition coefficient (Wildman–Crippen LogP) is 3.53. The number of aromatic amines is 1. The maximum Gasteiger partial charge on any atom is 0.254 e. The first-order chi connectivity index (χ1) is 18.1. The molecule has 4 heterocycles. The molecule has 0 aliphatic carbocycles. The minimum absolute atomic E-state index is 0.0439. The van der Waals surface area contributed by atoms with E-state index in [0.717, 1.165) is 16.8 Å². The van der Waals surface area contributed by atoms with Gasteiger partial charge in [0.25, 0.3) is 5.91 Å². The van der Waals surface area contributed by atoms with E-state index in [2.05, 4.69) is 25.5 Å². The summed E-state index contributed by atoms with van der Waals surface area (Å²) in [6.07, 6.45) is 5.25. The highest BCUT2D eigenvalue weighted by Gasteiger charge is 2.24. The molecule has 0 unspecified atom stereocenters. The average Bonchev–Trinajstić information content (AvgIpc) is 3.66. The van der Waals surface area contributed by atoms with Gasteiger partial charge in [-0.2, -0.15) is 5.10 Å². The van der Waals surface area contributed by atoms with E-state index in [1.807, 2.05) is 18.2 Å². The third kappa shape index (κ3) is 4.29. The van der Waals surface area contributed by atoms with Crippen LogP contribution >= 0.6 is 0 Å². The van der Waals surface area contributed by atoms with Gasteiger partial charge in [0.2, 0.25) is 0 Å². The third-order valence-corrected chi connectivity index (χ3v) is 6.29. The predicted molar refractivity (Wildman–Crippen MR) is 132 cm³/mol. The van der Waals surface area contributed by atoms with E-state index < -0.39 is 5.82 Å². The molecular formula is C26H22FN7O3. The van der Waals surface area contributed by atoms with Crippen LogP contribution in [0, 0.1) is 5.82 Å². The normalized spacial score (nSPS) is 12.8. The van der Waals surface area contributed by atoms with Gasteiger partial charge in [-0.1, -0.05) is 5.21 Å². The summed E-state index contributed by atoms with van der Waals surface area (Å²) in [5.41, 5.74) is 5.06. The molecule has 1 aliphatic heterocycles. The summed E-state index contributed by atoms with van der Waals surface area (Å²) in [5, 5.41) is 16.2. The van der Waals surface area contributed by atoms with Gasteiger partial charge in [0.05, 0.1) is 24.0 Å². The fraction of sp³-hybridized carbons (Fsp3) is 0.192. The molecule has 0 bridgehead atoms. The number of halogens is 1. The van der Waals surface area contributed by atoms with Crippen molar-refractivity contribution in [3.05, 3.63) is 83.6 Å². The van der Waals surface area contributed by atoms with Gasteiger partial charge in [-0.25, -0.2) is 9.07 Å². The largest absolute Gasteiger partial charge is 0.488 e. The minimum Gasteiger partial charge on any atom is -0.488 e. The zero-order valence-corrected chi connectivity index (χ0v) is 19.9. The van der Waals surface area contributed by atoms with Crippen molar-refractivity contribution in [2.45, 2.75) is 13.1 Å². The second kappa shape index (κ2) is 9.43. The van der Waals surface area contributed by atoms with Gasteiger partial charge in [0, 0.05) is 49.6 Å². The van der Waals surface area contributed by atoms with Crippen molar-refractivity contribution in [3.63, 3.8) is 0 Å². The van der Waals surface area contributed by atoms with Crippen molar-refractivity contribution >= 4 is 16.8 Å². The zero-order chi connectivity index (χ0) is 25.4. The fourth-order valence-electron chi connectivity index (χ4n) is 4.36. The molecule has 11 heteroatoms. The van der Waals surface area contributed by atoms with Crippen LogP contribution in [0.5, 0.6) is 5.75 Å². The molecule has 2 aromatic carbocycles. The van der Waals surface area contributed by atoms with Gasteiger partial charge in [0.1, 0.15) is 18.0 Å². The maximum absolute atomic E-state index is 14.6. The summed E-state index contributed by atoms with van der Waals surface area (Å²) in [6.45, 7) is 1.72. The Bertz CT molecular complexity index is 1570. The first kappa shape index (κ1) is 22.8. The molecule has 3 aromatic heterocycles. The fourth-order valence-corrected chi connectivity index (χ4v) is 4.36.